The molecule has 0 aromatic carbocycles. The second-order valence-electron chi connectivity index (χ2n) is 4.52. The first-order valence-corrected chi connectivity index (χ1v) is 6.85. The van der Waals surface area contributed by atoms with Crippen molar-refractivity contribution in [2.24, 2.45) is 5.92 Å². The smallest absolute Gasteiger partial charge is 0.305 e. The van der Waals surface area contributed by atoms with Gasteiger partial charge in [0.25, 0.3) is 0 Å². The lowest BCUT2D eigenvalue weighted by Gasteiger charge is -2.32. The van der Waals surface area contributed by atoms with E-state index in [1.54, 1.807) is 0 Å². The van der Waals surface area contributed by atoms with Gasteiger partial charge in [0.05, 0.1) is 13.3 Å². The summed E-state index contributed by atoms with van der Waals surface area (Å²) in [5.74, 6) is 0.819. The minimum absolute atomic E-state index is 0.154. The quantitative estimate of drug-likeness (QED) is 0.803. The average Bonchev–Trinajstić information content (AvgIpc) is 2.42. The summed E-state index contributed by atoms with van der Waals surface area (Å²) >= 11 is 11.9. The number of nitrogens with zero attached hydrogens (tertiary/aromatic N) is 3. The number of methoxy groups -OCH3 is 1. The molecular formula is C12H15Cl2N3O2. The normalized spacial score (nSPS) is 16.5. The molecule has 5 nitrogen and oxygen atoms in total. The fourth-order valence-electron chi connectivity index (χ4n) is 2.21. The van der Waals surface area contributed by atoms with E-state index < -0.39 is 0 Å². The third-order valence-electron chi connectivity index (χ3n) is 3.28. The predicted octanol–water partition coefficient (Wildman–Crippen LogP) is 2.56. The third-order valence-corrected chi connectivity index (χ3v) is 3.73. The molecule has 0 spiro atoms. The first kappa shape index (κ1) is 14.3. The zero-order chi connectivity index (χ0) is 13.8. The lowest BCUT2D eigenvalue weighted by Crippen LogP contribution is -2.35. The van der Waals surface area contributed by atoms with Gasteiger partial charge in [0.1, 0.15) is 5.15 Å². The molecule has 1 aliphatic rings. The van der Waals surface area contributed by atoms with E-state index in [1.807, 2.05) is 0 Å². The lowest BCUT2D eigenvalue weighted by atomic mass is 9.94. The van der Waals surface area contributed by atoms with Crippen molar-refractivity contribution in [2.75, 3.05) is 25.1 Å². The highest BCUT2D eigenvalue weighted by molar-refractivity contribution is 6.33. The Balaban J connectivity index is 1.96. The van der Waals surface area contributed by atoms with E-state index >= 15 is 0 Å². The van der Waals surface area contributed by atoms with Gasteiger partial charge in [-0.05, 0) is 18.8 Å². The SMILES string of the molecule is COC(=O)CC1CCN(c2nc(Cl)cnc2Cl)CC1. The summed E-state index contributed by atoms with van der Waals surface area (Å²) in [4.78, 5) is 21.5. The van der Waals surface area contributed by atoms with Crippen LogP contribution in [0.1, 0.15) is 19.3 Å². The molecule has 2 rings (SSSR count). The van der Waals surface area contributed by atoms with Crippen molar-refractivity contribution in [1.29, 1.82) is 0 Å². The van der Waals surface area contributed by atoms with Gasteiger partial charge in [0.2, 0.25) is 0 Å². The van der Waals surface area contributed by atoms with Gasteiger partial charge >= 0.3 is 5.97 Å². The molecule has 0 bridgehead atoms. The van der Waals surface area contributed by atoms with Crippen molar-refractivity contribution in [3.05, 3.63) is 16.5 Å². The Kier molecular flexibility index (Phi) is 4.82. The second kappa shape index (κ2) is 6.39. The number of anilines is 1. The maximum Gasteiger partial charge on any atom is 0.305 e. The Labute approximate surface area is 121 Å². The molecule has 1 aliphatic heterocycles. The number of carbonyl (C=O) groups is 1. The number of halogens is 2. The molecule has 0 aliphatic carbocycles. The van der Waals surface area contributed by atoms with Crippen LogP contribution in [0.5, 0.6) is 0 Å². The standard InChI is InChI=1S/C12H15Cl2N3O2/c1-19-10(18)6-8-2-4-17(5-3-8)12-11(14)15-7-9(13)16-12/h7-8H,2-6H2,1H3. The molecule has 0 amide bonds. The number of ether oxygens (including phenoxy) is 1. The monoisotopic (exact) mass is 303 g/mol. The Hall–Kier alpha value is -1.07. The molecular weight excluding hydrogens is 289 g/mol. The number of hydrogen-bond acceptors (Lipinski definition) is 5. The van der Waals surface area contributed by atoms with Crippen molar-refractivity contribution in [3.63, 3.8) is 0 Å². The van der Waals surface area contributed by atoms with Crippen LogP contribution in [0.3, 0.4) is 0 Å². The summed E-state index contributed by atoms with van der Waals surface area (Å²) in [5.41, 5.74) is 0. The number of hydrogen-bond donors (Lipinski definition) is 0. The minimum atomic E-state index is -0.154. The molecule has 2 heterocycles. The number of aromatic nitrogens is 2. The first-order valence-electron chi connectivity index (χ1n) is 6.10. The average molecular weight is 304 g/mol. The zero-order valence-corrected chi connectivity index (χ0v) is 12.1. The van der Waals surface area contributed by atoms with E-state index in [1.165, 1.54) is 13.3 Å². The van der Waals surface area contributed by atoms with E-state index in [2.05, 4.69) is 19.6 Å². The van der Waals surface area contributed by atoms with E-state index in [4.69, 9.17) is 23.2 Å². The fraction of sp³-hybridized carbons (Fsp3) is 0.583. The second-order valence-corrected chi connectivity index (χ2v) is 5.26. The molecule has 1 saturated heterocycles. The van der Waals surface area contributed by atoms with Crippen LogP contribution in [-0.4, -0.2) is 36.1 Å². The van der Waals surface area contributed by atoms with Gasteiger partial charge in [-0.2, -0.15) is 0 Å². The van der Waals surface area contributed by atoms with Crippen LogP contribution in [0.2, 0.25) is 10.3 Å². The molecule has 1 fully saturated rings. The van der Waals surface area contributed by atoms with Crippen molar-refractivity contribution >= 4 is 35.0 Å². The molecule has 0 atom stereocenters. The summed E-state index contributed by atoms with van der Waals surface area (Å²) in [6, 6.07) is 0. The first-order chi connectivity index (χ1) is 9.10. The topological polar surface area (TPSA) is 55.3 Å². The Bertz CT molecular complexity index is 462. The molecule has 0 N–H and O–H groups in total. The van der Waals surface area contributed by atoms with Gasteiger partial charge < -0.3 is 9.64 Å². The van der Waals surface area contributed by atoms with Crippen molar-refractivity contribution in [3.8, 4) is 0 Å². The van der Waals surface area contributed by atoms with Gasteiger partial charge in [-0.15, -0.1) is 0 Å². The maximum atomic E-state index is 11.2. The summed E-state index contributed by atoms with van der Waals surface area (Å²) < 4.78 is 4.69. The molecule has 0 saturated carbocycles. The number of carbonyl (C=O) groups excluding carboxylic acids is 1. The van der Waals surface area contributed by atoms with Crippen LogP contribution in [-0.2, 0) is 9.53 Å². The highest BCUT2D eigenvalue weighted by Gasteiger charge is 2.24. The number of rotatable bonds is 3. The Morgan fingerprint density at radius 3 is 2.79 bits per heavy atom. The van der Waals surface area contributed by atoms with Crippen LogP contribution in [0.4, 0.5) is 5.82 Å². The van der Waals surface area contributed by atoms with Gasteiger partial charge in [-0.25, -0.2) is 9.97 Å². The molecule has 0 radical (unpaired) electrons. The molecule has 104 valence electrons. The van der Waals surface area contributed by atoms with Crippen LogP contribution in [0.25, 0.3) is 0 Å². The van der Waals surface area contributed by atoms with E-state index in [0.29, 0.717) is 28.5 Å². The van der Waals surface area contributed by atoms with Crippen LogP contribution >= 0.6 is 23.2 Å². The van der Waals surface area contributed by atoms with E-state index in [-0.39, 0.29) is 5.97 Å². The van der Waals surface area contributed by atoms with Gasteiger partial charge in [-0.3, -0.25) is 4.79 Å². The number of piperidine rings is 1. The van der Waals surface area contributed by atoms with Gasteiger partial charge in [0.15, 0.2) is 11.0 Å². The minimum Gasteiger partial charge on any atom is -0.469 e. The highest BCUT2D eigenvalue weighted by atomic mass is 35.5. The largest absolute Gasteiger partial charge is 0.469 e. The molecule has 7 heteroatoms. The van der Waals surface area contributed by atoms with Gasteiger partial charge in [0, 0.05) is 19.5 Å². The van der Waals surface area contributed by atoms with Crippen LogP contribution < -0.4 is 4.90 Å². The van der Waals surface area contributed by atoms with Gasteiger partial charge in [-0.1, -0.05) is 23.2 Å². The van der Waals surface area contributed by atoms with Crippen molar-refractivity contribution in [1.82, 2.24) is 9.97 Å². The molecule has 0 unspecified atom stereocenters. The summed E-state index contributed by atoms with van der Waals surface area (Å²) in [6.07, 6.45) is 3.70. The summed E-state index contributed by atoms with van der Waals surface area (Å²) in [6.45, 7) is 1.58. The highest BCUT2D eigenvalue weighted by Crippen LogP contribution is 2.28. The van der Waals surface area contributed by atoms with Crippen molar-refractivity contribution in [2.45, 2.75) is 19.3 Å². The molecule has 1 aromatic rings. The van der Waals surface area contributed by atoms with Crippen LogP contribution in [0, 0.1) is 5.92 Å². The van der Waals surface area contributed by atoms with Crippen molar-refractivity contribution < 1.29 is 9.53 Å². The maximum absolute atomic E-state index is 11.2. The molecule has 19 heavy (non-hydrogen) atoms. The zero-order valence-electron chi connectivity index (χ0n) is 10.6. The predicted molar refractivity (Wildman–Crippen MR) is 73.6 cm³/mol. The summed E-state index contributed by atoms with van der Waals surface area (Å²) in [7, 11) is 1.42. The number of esters is 1. The third kappa shape index (κ3) is 3.70. The molecule has 1 aromatic heterocycles. The summed E-state index contributed by atoms with van der Waals surface area (Å²) in [5, 5.41) is 0.687. The van der Waals surface area contributed by atoms with Crippen LogP contribution in [0.15, 0.2) is 6.20 Å². The lowest BCUT2D eigenvalue weighted by molar-refractivity contribution is -0.141. The van der Waals surface area contributed by atoms with E-state index in [0.717, 1.165) is 25.9 Å². The Morgan fingerprint density at radius 2 is 2.16 bits per heavy atom. The van der Waals surface area contributed by atoms with E-state index in [9.17, 15) is 4.79 Å². The Morgan fingerprint density at radius 1 is 1.47 bits per heavy atom. The fourth-order valence-corrected chi connectivity index (χ4v) is 2.55.